The van der Waals surface area contributed by atoms with Crippen molar-refractivity contribution in [1.29, 1.82) is 0 Å². The van der Waals surface area contributed by atoms with Crippen LogP contribution in [0.4, 0.5) is 10.1 Å². The van der Waals surface area contributed by atoms with Gasteiger partial charge in [0, 0.05) is 12.1 Å². The normalized spacial score (nSPS) is 10.9. The van der Waals surface area contributed by atoms with E-state index in [2.05, 4.69) is 15.3 Å². The first-order chi connectivity index (χ1) is 13.5. The zero-order chi connectivity index (χ0) is 19.7. The lowest BCUT2D eigenvalue weighted by molar-refractivity contribution is 0.103. The third-order valence-electron chi connectivity index (χ3n) is 4.40. The van der Waals surface area contributed by atoms with Gasteiger partial charge in [-0.05, 0) is 36.2 Å². The molecule has 0 aliphatic heterocycles. The summed E-state index contributed by atoms with van der Waals surface area (Å²) in [4.78, 5) is 33.3. The maximum Gasteiger partial charge on any atom is 0.266 e. The molecule has 0 unspecified atom stereocenters. The third kappa shape index (κ3) is 3.44. The predicted molar refractivity (Wildman–Crippen MR) is 109 cm³/mol. The number of H-pyrrole nitrogens is 1. The molecule has 0 bridgehead atoms. The molecule has 0 saturated carbocycles. The highest BCUT2D eigenvalue weighted by Gasteiger charge is 2.19. The fourth-order valence-corrected chi connectivity index (χ4v) is 4.12. The lowest BCUT2D eigenvalue weighted by atomic mass is 10.1. The summed E-state index contributed by atoms with van der Waals surface area (Å²) in [7, 11) is 0. The summed E-state index contributed by atoms with van der Waals surface area (Å²) in [5.41, 5.74) is 1.37. The number of aryl methyl sites for hydroxylation is 1. The number of aromatic amines is 1. The summed E-state index contributed by atoms with van der Waals surface area (Å²) in [5, 5.41) is 3.21. The highest BCUT2D eigenvalue weighted by molar-refractivity contribution is 7.20. The Morgan fingerprint density at radius 2 is 1.86 bits per heavy atom. The van der Waals surface area contributed by atoms with E-state index >= 15 is 0 Å². The lowest BCUT2D eigenvalue weighted by Gasteiger charge is -2.03. The number of carbonyl (C=O) groups is 1. The van der Waals surface area contributed by atoms with Crippen LogP contribution in [-0.2, 0) is 6.42 Å². The van der Waals surface area contributed by atoms with Crippen molar-refractivity contribution in [3.8, 4) is 0 Å². The number of hydrogen-bond donors (Lipinski definition) is 2. The number of para-hydroxylation sites is 1. The number of nitrogens with zero attached hydrogens (tertiary/aromatic N) is 1. The molecule has 140 valence electrons. The molecule has 2 heterocycles. The molecule has 2 aromatic carbocycles. The van der Waals surface area contributed by atoms with E-state index < -0.39 is 0 Å². The van der Waals surface area contributed by atoms with Crippen molar-refractivity contribution in [1.82, 2.24) is 9.97 Å². The van der Waals surface area contributed by atoms with E-state index in [1.54, 1.807) is 37.3 Å². The number of halogens is 1. The summed E-state index contributed by atoms with van der Waals surface area (Å²) in [6.07, 6.45) is 0.167. The fourth-order valence-electron chi connectivity index (χ4n) is 3.02. The number of anilines is 1. The topological polar surface area (TPSA) is 74.8 Å². The molecule has 0 spiro atoms. The maximum absolute atomic E-state index is 13.9. The lowest BCUT2D eigenvalue weighted by Crippen LogP contribution is -2.13. The molecule has 0 aliphatic carbocycles. The van der Waals surface area contributed by atoms with E-state index in [0.29, 0.717) is 37.7 Å². The second-order valence-electron chi connectivity index (χ2n) is 6.34. The van der Waals surface area contributed by atoms with E-state index in [4.69, 9.17) is 0 Å². The van der Waals surface area contributed by atoms with Gasteiger partial charge in [-0.2, -0.15) is 0 Å². The van der Waals surface area contributed by atoms with Crippen molar-refractivity contribution in [2.45, 2.75) is 13.3 Å². The first kappa shape index (κ1) is 18.1. The van der Waals surface area contributed by atoms with Crippen LogP contribution in [0, 0.1) is 12.7 Å². The van der Waals surface area contributed by atoms with Crippen molar-refractivity contribution in [3.05, 3.63) is 92.6 Å². The summed E-state index contributed by atoms with van der Waals surface area (Å²) in [6, 6.07) is 15.5. The minimum absolute atomic E-state index is 0.167. The SMILES string of the molecule is Cc1c(C(=O)Nc2ccccc2)sc2nc(Cc3ccccc3F)[nH]c(=O)c12. The van der Waals surface area contributed by atoms with Gasteiger partial charge in [-0.25, -0.2) is 9.37 Å². The summed E-state index contributed by atoms with van der Waals surface area (Å²) in [5.74, 6) is -0.281. The maximum atomic E-state index is 13.9. The Morgan fingerprint density at radius 1 is 1.14 bits per heavy atom. The largest absolute Gasteiger partial charge is 0.321 e. The standard InChI is InChI=1S/C21H16FN3O2S/c1-12-17-19(26)24-16(11-13-7-5-6-10-15(13)22)25-21(17)28-18(12)20(27)23-14-8-3-2-4-9-14/h2-10H,11H2,1H3,(H,23,27)(H,24,25,26). The van der Waals surface area contributed by atoms with Gasteiger partial charge in [-0.15, -0.1) is 11.3 Å². The highest BCUT2D eigenvalue weighted by Crippen LogP contribution is 2.28. The van der Waals surface area contributed by atoms with Crippen LogP contribution >= 0.6 is 11.3 Å². The summed E-state index contributed by atoms with van der Waals surface area (Å²) in [6.45, 7) is 1.73. The Hall–Kier alpha value is -3.32. The average Bonchev–Trinajstić information content (AvgIpc) is 3.01. The number of hydrogen-bond acceptors (Lipinski definition) is 4. The van der Waals surface area contributed by atoms with Crippen molar-refractivity contribution in [3.63, 3.8) is 0 Å². The number of amides is 1. The van der Waals surface area contributed by atoms with Gasteiger partial charge in [-0.1, -0.05) is 36.4 Å². The number of fused-ring (bicyclic) bond motifs is 1. The van der Waals surface area contributed by atoms with E-state index in [9.17, 15) is 14.0 Å². The molecule has 0 fully saturated rings. The molecule has 0 radical (unpaired) electrons. The monoisotopic (exact) mass is 393 g/mol. The van der Waals surface area contributed by atoms with Crippen LogP contribution < -0.4 is 10.9 Å². The molecule has 2 N–H and O–H groups in total. The Labute approximate surface area is 163 Å². The van der Waals surface area contributed by atoms with E-state index in [0.717, 1.165) is 11.3 Å². The number of aromatic nitrogens is 2. The molecule has 2 aromatic heterocycles. The number of carbonyl (C=O) groups excluding carboxylic acids is 1. The Kier molecular flexibility index (Phi) is 4.75. The van der Waals surface area contributed by atoms with Crippen molar-refractivity contribution in [2.24, 2.45) is 0 Å². The number of nitrogens with one attached hydrogen (secondary N) is 2. The molecule has 4 aromatic rings. The number of rotatable bonds is 4. The molecule has 0 aliphatic rings. The minimum atomic E-state index is -0.351. The molecule has 28 heavy (non-hydrogen) atoms. The van der Waals surface area contributed by atoms with Gasteiger partial charge < -0.3 is 10.3 Å². The summed E-state index contributed by atoms with van der Waals surface area (Å²) < 4.78 is 13.9. The van der Waals surface area contributed by atoms with Crippen LogP contribution in [0.3, 0.4) is 0 Å². The van der Waals surface area contributed by atoms with Gasteiger partial charge in [0.05, 0.1) is 10.3 Å². The van der Waals surface area contributed by atoms with Crippen LogP contribution in [0.2, 0.25) is 0 Å². The molecule has 0 saturated heterocycles. The van der Waals surface area contributed by atoms with Crippen LogP contribution in [0.5, 0.6) is 0 Å². The Balaban J connectivity index is 1.70. The van der Waals surface area contributed by atoms with Gasteiger partial charge in [0.1, 0.15) is 16.5 Å². The molecular formula is C21H16FN3O2S. The van der Waals surface area contributed by atoms with Crippen molar-refractivity contribution >= 4 is 33.1 Å². The van der Waals surface area contributed by atoms with Crippen LogP contribution in [-0.4, -0.2) is 15.9 Å². The molecule has 0 atom stereocenters. The van der Waals surface area contributed by atoms with Crippen molar-refractivity contribution in [2.75, 3.05) is 5.32 Å². The van der Waals surface area contributed by atoms with Gasteiger partial charge >= 0.3 is 0 Å². The molecule has 7 heteroatoms. The minimum Gasteiger partial charge on any atom is -0.321 e. The predicted octanol–water partition coefficient (Wildman–Crippen LogP) is 4.28. The average molecular weight is 393 g/mol. The number of benzene rings is 2. The Morgan fingerprint density at radius 3 is 2.61 bits per heavy atom. The fraction of sp³-hybridized carbons (Fsp3) is 0.0952. The van der Waals surface area contributed by atoms with Crippen LogP contribution in [0.15, 0.2) is 59.4 Å². The molecular weight excluding hydrogens is 377 g/mol. The quantitative estimate of drug-likeness (QED) is 0.544. The molecule has 4 rings (SSSR count). The highest BCUT2D eigenvalue weighted by atomic mass is 32.1. The molecule has 5 nitrogen and oxygen atoms in total. The second kappa shape index (κ2) is 7.36. The zero-order valence-electron chi connectivity index (χ0n) is 15.0. The van der Waals surface area contributed by atoms with Crippen molar-refractivity contribution < 1.29 is 9.18 Å². The first-order valence-corrected chi connectivity index (χ1v) is 9.46. The Bertz CT molecular complexity index is 1230. The zero-order valence-corrected chi connectivity index (χ0v) is 15.8. The smallest absolute Gasteiger partial charge is 0.266 e. The van der Waals surface area contributed by atoms with E-state index in [1.807, 2.05) is 18.2 Å². The van der Waals surface area contributed by atoms with Gasteiger partial charge in [0.25, 0.3) is 11.5 Å². The second-order valence-corrected chi connectivity index (χ2v) is 7.34. The van der Waals surface area contributed by atoms with Crippen LogP contribution in [0.25, 0.3) is 10.2 Å². The number of thiophene rings is 1. The van der Waals surface area contributed by atoms with E-state index in [1.165, 1.54) is 6.07 Å². The van der Waals surface area contributed by atoms with E-state index in [-0.39, 0.29) is 23.7 Å². The first-order valence-electron chi connectivity index (χ1n) is 8.65. The van der Waals surface area contributed by atoms with Gasteiger partial charge in [-0.3, -0.25) is 9.59 Å². The van der Waals surface area contributed by atoms with Gasteiger partial charge in [0.2, 0.25) is 0 Å². The van der Waals surface area contributed by atoms with Gasteiger partial charge in [0.15, 0.2) is 0 Å². The van der Waals surface area contributed by atoms with Crippen LogP contribution in [0.1, 0.15) is 26.6 Å². The summed E-state index contributed by atoms with van der Waals surface area (Å²) >= 11 is 1.16. The molecule has 1 amide bonds. The third-order valence-corrected chi connectivity index (χ3v) is 5.59.